The Morgan fingerprint density at radius 1 is 0.867 bits per heavy atom. The van der Waals surface area contributed by atoms with Gasteiger partial charge in [-0.15, -0.1) is 10.2 Å². The monoisotopic (exact) mass is 428 g/mol. The van der Waals surface area contributed by atoms with Gasteiger partial charge in [-0.3, -0.25) is 0 Å². The molecule has 1 heterocycles. The number of unbranched alkanes of at least 4 members (excludes halogenated alkanes) is 3. The minimum Gasteiger partial charge on any atom is -0.494 e. The fourth-order valence-corrected chi connectivity index (χ4v) is 5.62. The largest absolute Gasteiger partial charge is 0.494 e. The first-order valence-electron chi connectivity index (χ1n) is 12.4. The molecule has 2 unspecified atom stereocenters. The van der Waals surface area contributed by atoms with Crippen LogP contribution in [0.5, 0.6) is 5.75 Å². The molecule has 0 spiro atoms. The molecule has 0 radical (unpaired) electrons. The molecule has 1 saturated carbocycles. The van der Waals surface area contributed by atoms with Gasteiger partial charge in [0, 0.05) is 12.0 Å². The Morgan fingerprint density at radius 3 is 2.27 bits per heavy atom. The zero-order valence-electron chi connectivity index (χ0n) is 19.1. The summed E-state index contributed by atoms with van der Waals surface area (Å²) in [5.41, 5.74) is 1.14. The average Bonchev–Trinajstić information content (AvgIpc) is 3.26. The molecule has 2 aromatic rings. The SMILES string of the molecule is CCCCCC1CCCCC1CCCOc1ccc(-c2nnc(CCCC)s2)cc1. The van der Waals surface area contributed by atoms with Crippen LogP contribution < -0.4 is 4.74 Å². The van der Waals surface area contributed by atoms with Gasteiger partial charge in [0.2, 0.25) is 0 Å². The van der Waals surface area contributed by atoms with E-state index in [1.54, 1.807) is 11.3 Å². The third-order valence-electron chi connectivity index (χ3n) is 6.55. The Bertz CT molecular complexity index is 712. The highest BCUT2D eigenvalue weighted by Crippen LogP contribution is 2.36. The molecule has 0 N–H and O–H groups in total. The molecule has 4 heteroatoms. The second kappa shape index (κ2) is 13.1. The van der Waals surface area contributed by atoms with Gasteiger partial charge in [0.25, 0.3) is 0 Å². The molecule has 0 bridgehead atoms. The number of nitrogens with zero attached hydrogens (tertiary/aromatic N) is 2. The quantitative estimate of drug-likeness (QED) is 0.302. The maximum Gasteiger partial charge on any atom is 0.147 e. The maximum absolute atomic E-state index is 6.05. The minimum absolute atomic E-state index is 0.831. The number of benzene rings is 1. The summed E-state index contributed by atoms with van der Waals surface area (Å²) in [6.45, 7) is 5.35. The number of rotatable bonds is 13. The van der Waals surface area contributed by atoms with Crippen molar-refractivity contribution in [3.05, 3.63) is 29.3 Å². The van der Waals surface area contributed by atoms with Crippen LogP contribution in [0.25, 0.3) is 10.6 Å². The van der Waals surface area contributed by atoms with E-state index in [0.717, 1.165) is 46.2 Å². The molecule has 1 aliphatic rings. The highest BCUT2D eigenvalue weighted by Gasteiger charge is 2.24. The topological polar surface area (TPSA) is 35.0 Å². The lowest BCUT2D eigenvalue weighted by Gasteiger charge is -2.31. The number of hydrogen-bond acceptors (Lipinski definition) is 4. The summed E-state index contributed by atoms with van der Waals surface area (Å²) >= 11 is 1.71. The number of hydrogen-bond donors (Lipinski definition) is 0. The van der Waals surface area contributed by atoms with Gasteiger partial charge < -0.3 is 4.74 Å². The lowest BCUT2D eigenvalue weighted by atomic mass is 9.74. The van der Waals surface area contributed by atoms with Gasteiger partial charge in [0.1, 0.15) is 15.8 Å². The van der Waals surface area contributed by atoms with Crippen LogP contribution in [0.2, 0.25) is 0 Å². The molecular weight excluding hydrogens is 388 g/mol. The van der Waals surface area contributed by atoms with Gasteiger partial charge in [-0.25, -0.2) is 0 Å². The molecule has 3 rings (SSSR count). The van der Waals surface area contributed by atoms with E-state index in [-0.39, 0.29) is 0 Å². The van der Waals surface area contributed by atoms with E-state index in [4.69, 9.17) is 4.74 Å². The van der Waals surface area contributed by atoms with Crippen molar-refractivity contribution < 1.29 is 4.74 Å². The van der Waals surface area contributed by atoms with Crippen LogP contribution in [0.3, 0.4) is 0 Å². The first kappa shape index (κ1) is 23.2. The van der Waals surface area contributed by atoms with Crippen LogP contribution >= 0.6 is 11.3 Å². The Kier molecular flexibility index (Phi) is 10.1. The molecule has 0 amide bonds. The van der Waals surface area contributed by atoms with Crippen molar-refractivity contribution in [3.63, 3.8) is 0 Å². The fourth-order valence-electron chi connectivity index (χ4n) is 4.73. The second-order valence-corrected chi connectivity index (χ2v) is 9.98. The third-order valence-corrected chi connectivity index (χ3v) is 7.58. The molecule has 1 aromatic heterocycles. The first-order valence-corrected chi connectivity index (χ1v) is 13.2. The Balaban J connectivity index is 1.40. The summed E-state index contributed by atoms with van der Waals surface area (Å²) in [4.78, 5) is 0. The zero-order chi connectivity index (χ0) is 21.0. The van der Waals surface area contributed by atoms with E-state index < -0.39 is 0 Å². The molecule has 1 aromatic carbocycles. The third kappa shape index (κ3) is 7.37. The van der Waals surface area contributed by atoms with E-state index in [1.807, 2.05) is 0 Å². The summed E-state index contributed by atoms with van der Waals surface area (Å²) in [5, 5.41) is 10.8. The molecular formula is C26H40N2OS. The van der Waals surface area contributed by atoms with Crippen molar-refractivity contribution in [2.45, 2.75) is 97.3 Å². The number of aryl methyl sites for hydroxylation is 1. The van der Waals surface area contributed by atoms with Crippen molar-refractivity contribution in [2.75, 3.05) is 6.61 Å². The standard InChI is InChI=1S/C26H40N2OS/c1-3-5-7-11-21-12-8-9-13-22(21)14-10-20-29-24-18-16-23(17-19-24)26-28-27-25(30-26)15-6-4-2/h16-19,21-22H,3-15,20H2,1-2H3. The molecule has 30 heavy (non-hydrogen) atoms. The van der Waals surface area contributed by atoms with Crippen molar-refractivity contribution in [2.24, 2.45) is 11.8 Å². The first-order chi connectivity index (χ1) is 14.8. The predicted molar refractivity (Wildman–Crippen MR) is 128 cm³/mol. The van der Waals surface area contributed by atoms with Crippen LogP contribution in [0.1, 0.15) is 95.9 Å². The van der Waals surface area contributed by atoms with E-state index in [9.17, 15) is 0 Å². The number of aromatic nitrogens is 2. The van der Waals surface area contributed by atoms with E-state index in [2.05, 4.69) is 48.3 Å². The minimum atomic E-state index is 0.831. The van der Waals surface area contributed by atoms with E-state index in [1.165, 1.54) is 77.0 Å². The summed E-state index contributed by atoms with van der Waals surface area (Å²) < 4.78 is 6.05. The average molecular weight is 429 g/mol. The van der Waals surface area contributed by atoms with Crippen molar-refractivity contribution in [1.29, 1.82) is 0 Å². The molecule has 0 aliphatic heterocycles. The van der Waals surface area contributed by atoms with Gasteiger partial charge in [0.15, 0.2) is 0 Å². The summed E-state index contributed by atoms with van der Waals surface area (Å²) in [5.74, 6) is 2.87. The van der Waals surface area contributed by atoms with Crippen LogP contribution in [0, 0.1) is 11.8 Å². The highest BCUT2D eigenvalue weighted by atomic mass is 32.1. The lowest BCUT2D eigenvalue weighted by Crippen LogP contribution is -2.20. The van der Waals surface area contributed by atoms with Crippen LogP contribution in [-0.2, 0) is 6.42 Å². The van der Waals surface area contributed by atoms with Gasteiger partial charge in [-0.2, -0.15) is 0 Å². The van der Waals surface area contributed by atoms with Gasteiger partial charge in [-0.05, 0) is 55.4 Å². The molecule has 1 aliphatic carbocycles. The van der Waals surface area contributed by atoms with E-state index in [0.29, 0.717) is 0 Å². The molecule has 1 fully saturated rings. The highest BCUT2D eigenvalue weighted by molar-refractivity contribution is 7.14. The van der Waals surface area contributed by atoms with Crippen LogP contribution in [-0.4, -0.2) is 16.8 Å². The smallest absolute Gasteiger partial charge is 0.147 e. The van der Waals surface area contributed by atoms with Crippen molar-refractivity contribution >= 4 is 11.3 Å². The van der Waals surface area contributed by atoms with Crippen LogP contribution in [0.15, 0.2) is 24.3 Å². The predicted octanol–water partition coefficient (Wildman–Crippen LogP) is 8.09. The van der Waals surface area contributed by atoms with Gasteiger partial charge in [0.05, 0.1) is 6.61 Å². The van der Waals surface area contributed by atoms with Gasteiger partial charge >= 0.3 is 0 Å². The van der Waals surface area contributed by atoms with Crippen molar-refractivity contribution in [1.82, 2.24) is 10.2 Å². The molecule has 0 saturated heterocycles. The summed E-state index contributed by atoms with van der Waals surface area (Å²) in [6.07, 6.45) is 17.3. The molecule has 166 valence electrons. The van der Waals surface area contributed by atoms with E-state index >= 15 is 0 Å². The zero-order valence-corrected chi connectivity index (χ0v) is 19.9. The van der Waals surface area contributed by atoms with Gasteiger partial charge in [-0.1, -0.05) is 83.0 Å². The Hall–Kier alpha value is -1.42. The molecule has 3 nitrogen and oxygen atoms in total. The maximum atomic E-state index is 6.05. The molecule has 2 atom stereocenters. The van der Waals surface area contributed by atoms with Crippen molar-refractivity contribution in [3.8, 4) is 16.3 Å². The lowest BCUT2D eigenvalue weighted by molar-refractivity contribution is 0.190. The summed E-state index contributed by atoms with van der Waals surface area (Å²) in [7, 11) is 0. The fraction of sp³-hybridized carbons (Fsp3) is 0.692. The van der Waals surface area contributed by atoms with Crippen LogP contribution in [0.4, 0.5) is 0 Å². The number of ether oxygens (including phenoxy) is 1. The second-order valence-electron chi connectivity index (χ2n) is 8.92. The Labute approximate surface area is 187 Å². The Morgan fingerprint density at radius 2 is 1.57 bits per heavy atom. The normalized spacial score (nSPS) is 19.1. The summed E-state index contributed by atoms with van der Waals surface area (Å²) in [6, 6.07) is 8.39.